The quantitative estimate of drug-likeness (QED) is 0.148. The van der Waals surface area contributed by atoms with Gasteiger partial charge in [0.2, 0.25) is 0 Å². The van der Waals surface area contributed by atoms with E-state index < -0.39 is 10.4 Å². The molecule has 1 aromatic rings. The van der Waals surface area contributed by atoms with Crippen LogP contribution in [-0.2, 0) is 10.4 Å². The summed E-state index contributed by atoms with van der Waals surface area (Å²) in [7, 11) is -4.67. The number of hydrogen-bond donors (Lipinski definition) is 4. The summed E-state index contributed by atoms with van der Waals surface area (Å²) in [5, 5.41) is 0. The fourth-order valence-electron chi connectivity index (χ4n) is 0.699. The molecule has 98 valence electrons. The Bertz CT molecular complexity index is 499. The van der Waals surface area contributed by atoms with E-state index in [0.717, 1.165) is 23.6 Å². The number of halogens is 4. The predicted molar refractivity (Wildman–Crippen MR) is 79.2 cm³/mol. The minimum absolute atomic E-state index is 0.810. The Morgan fingerprint density at radius 3 is 1.82 bits per heavy atom. The van der Waals surface area contributed by atoms with E-state index in [0.29, 0.717) is 0 Å². The number of nitrogens with two attached hydrogens (primary N) is 1. The van der Waals surface area contributed by atoms with Crippen LogP contribution in [0.15, 0.2) is 24.0 Å². The summed E-state index contributed by atoms with van der Waals surface area (Å²) < 4.78 is 35.2. The molecule has 17 heavy (non-hydrogen) atoms. The molecule has 0 atom stereocenters. The second-order valence-electron chi connectivity index (χ2n) is 2.44. The summed E-state index contributed by atoms with van der Waals surface area (Å²) in [5.74, 6) is 5.32. The zero-order valence-corrected chi connectivity index (χ0v) is 14.9. The molecule has 0 spiro atoms. The van der Waals surface area contributed by atoms with Crippen molar-refractivity contribution in [2.75, 3.05) is 5.43 Å². The van der Waals surface area contributed by atoms with Crippen molar-refractivity contribution in [3.8, 4) is 0 Å². The van der Waals surface area contributed by atoms with Gasteiger partial charge in [-0.3, -0.25) is 14.9 Å². The molecular formula is C6H6Br4N2O4S. The largest absolute Gasteiger partial charge is 0.394 e. The average molecular weight is 522 g/mol. The summed E-state index contributed by atoms with van der Waals surface area (Å²) in [4.78, 5) is 0. The third kappa shape index (κ3) is 7.06. The van der Waals surface area contributed by atoms with Gasteiger partial charge in [0.25, 0.3) is 0 Å². The van der Waals surface area contributed by atoms with Crippen molar-refractivity contribution in [3.63, 3.8) is 0 Å². The first-order valence-corrected chi connectivity index (χ1v) is 8.14. The van der Waals surface area contributed by atoms with Crippen molar-refractivity contribution in [2.24, 2.45) is 5.84 Å². The van der Waals surface area contributed by atoms with Gasteiger partial charge in [-0.25, -0.2) is 0 Å². The van der Waals surface area contributed by atoms with Crippen LogP contribution >= 0.6 is 63.7 Å². The summed E-state index contributed by atoms with van der Waals surface area (Å²) in [6.07, 6.45) is 0. The normalized spacial score (nSPS) is 10.5. The molecule has 0 saturated heterocycles. The average Bonchev–Trinajstić information content (AvgIpc) is 2.12. The Morgan fingerprint density at radius 1 is 1.06 bits per heavy atom. The van der Waals surface area contributed by atoms with Crippen molar-refractivity contribution in [1.29, 1.82) is 0 Å². The van der Waals surface area contributed by atoms with E-state index in [1.807, 2.05) is 6.07 Å². The first-order valence-electron chi connectivity index (χ1n) is 3.57. The van der Waals surface area contributed by atoms with Crippen LogP contribution in [0.5, 0.6) is 0 Å². The number of nitrogens with one attached hydrogen (secondary N) is 1. The maximum atomic E-state index is 8.74. The van der Waals surface area contributed by atoms with Gasteiger partial charge in [-0.1, -0.05) is 0 Å². The van der Waals surface area contributed by atoms with Gasteiger partial charge in [-0.15, -0.1) is 0 Å². The first-order chi connectivity index (χ1) is 7.57. The van der Waals surface area contributed by atoms with E-state index in [1.165, 1.54) is 0 Å². The van der Waals surface area contributed by atoms with Crippen molar-refractivity contribution in [2.45, 2.75) is 0 Å². The molecular weight excluding hydrogens is 516 g/mol. The second kappa shape index (κ2) is 7.38. The lowest BCUT2D eigenvalue weighted by Crippen LogP contribution is -2.08. The van der Waals surface area contributed by atoms with Gasteiger partial charge in [0, 0.05) is 13.4 Å². The van der Waals surface area contributed by atoms with E-state index in [-0.39, 0.29) is 0 Å². The lowest BCUT2D eigenvalue weighted by Gasteiger charge is -2.09. The number of anilines is 1. The topological polar surface area (TPSA) is 113 Å². The second-order valence-corrected chi connectivity index (χ2v) is 6.63. The molecule has 0 heterocycles. The smallest absolute Gasteiger partial charge is 0.322 e. The number of rotatable bonds is 1. The molecule has 0 unspecified atom stereocenters. The molecule has 0 aliphatic rings. The molecule has 1 rings (SSSR count). The monoisotopic (exact) mass is 518 g/mol. The van der Waals surface area contributed by atoms with E-state index in [1.54, 1.807) is 0 Å². The number of hydrogen-bond acceptors (Lipinski definition) is 4. The Balaban J connectivity index is 0.000000437. The zero-order valence-electron chi connectivity index (χ0n) is 7.79. The van der Waals surface area contributed by atoms with Crippen LogP contribution in [0.3, 0.4) is 0 Å². The van der Waals surface area contributed by atoms with Crippen LogP contribution in [-0.4, -0.2) is 17.5 Å². The highest BCUT2D eigenvalue weighted by atomic mass is 79.9. The van der Waals surface area contributed by atoms with Crippen LogP contribution in [0.4, 0.5) is 5.69 Å². The molecule has 0 aliphatic carbocycles. The number of benzene rings is 1. The van der Waals surface area contributed by atoms with Crippen molar-refractivity contribution < 1.29 is 17.5 Å². The highest BCUT2D eigenvalue weighted by Gasteiger charge is 2.10. The Morgan fingerprint density at radius 2 is 1.47 bits per heavy atom. The van der Waals surface area contributed by atoms with Gasteiger partial charge in [0.1, 0.15) is 0 Å². The fraction of sp³-hybridized carbons (Fsp3) is 0. The third-order valence-electron chi connectivity index (χ3n) is 1.26. The molecule has 0 amide bonds. The van der Waals surface area contributed by atoms with Gasteiger partial charge in [0.05, 0.1) is 10.2 Å². The maximum absolute atomic E-state index is 8.74. The van der Waals surface area contributed by atoms with E-state index in [9.17, 15) is 0 Å². The lowest BCUT2D eigenvalue weighted by atomic mass is 10.3. The Kier molecular flexibility index (Phi) is 7.72. The molecule has 6 nitrogen and oxygen atoms in total. The molecule has 0 saturated carbocycles. The molecule has 1 aromatic carbocycles. The number of nitrogen functional groups attached to an aromatic ring is 1. The van der Waals surface area contributed by atoms with Crippen LogP contribution in [0, 0.1) is 0 Å². The Hall–Kier alpha value is 0.770. The van der Waals surface area contributed by atoms with Crippen molar-refractivity contribution in [3.05, 3.63) is 24.0 Å². The standard InChI is InChI=1S/C6H4Br4N2.H2O4S/c7-2-1-3(8)6(12-11)5(10)4(2)9;1-5(2,3)4/h1,12H,11H2;(H2,1,2,3,4). The Labute approximate surface area is 131 Å². The van der Waals surface area contributed by atoms with Crippen LogP contribution in [0.25, 0.3) is 0 Å². The van der Waals surface area contributed by atoms with E-state index in [2.05, 4.69) is 69.1 Å². The first kappa shape index (κ1) is 17.8. The van der Waals surface area contributed by atoms with Crippen LogP contribution in [0.2, 0.25) is 0 Å². The van der Waals surface area contributed by atoms with Gasteiger partial charge in [0.15, 0.2) is 0 Å². The molecule has 0 radical (unpaired) electrons. The third-order valence-corrected chi connectivity index (χ3v) is 5.19. The molecule has 0 fully saturated rings. The molecule has 0 bridgehead atoms. The summed E-state index contributed by atoms with van der Waals surface area (Å²) in [5.41, 5.74) is 3.40. The minimum Gasteiger partial charge on any atom is -0.322 e. The van der Waals surface area contributed by atoms with E-state index >= 15 is 0 Å². The van der Waals surface area contributed by atoms with Crippen molar-refractivity contribution in [1.82, 2.24) is 0 Å². The number of hydrazine groups is 1. The minimum atomic E-state index is -4.67. The molecule has 0 aliphatic heterocycles. The molecule has 0 aromatic heterocycles. The van der Waals surface area contributed by atoms with Gasteiger partial charge < -0.3 is 5.43 Å². The van der Waals surface area contributed by atoms with Crippen LogP contribution < -0.4 is 11.3 Å². The van der Waals surface area contributed by atoms with Crippen LogP contribution in [0.1, 0.15) is 0 Å². The SMILES string of the molecule is NNc1c(Br)cc(Br)c(Br)c1Br.O=S(=O)(O)O. The van der Waals surface area contributed by atoms with Gasteiger partial charge >= 0.3 is 10.4 Å². The van der Waals surface area contributed by atoms with Crippen molar-refractivity contribution >= 4 is 79.8 Å². The summed E-state index contributed by atoms with van der Waals surface area (Å²) in [6, 6.07) is 1.91. The van der Waals surface area contributed by atoms with Gasteiger partial charge in [-0.05, 0) is 69.8 Å². The summed E-state index contributed by atoms with van der Waals surface area (Å²) in [6.45, 7) is 0. The van der Waals surface area contributed by atoms with Gasteiger partial charge in [-0.2, -0.15) is 8.42 Å². The lowest BCUT2D eigenvalue weighted by molar-refractivity contribution is 0.381. The fourth-order valence-corrected chi connectivity index (χ4v) is 3.36. The summed E-state index contributed by atoms with van der Waals surface area (Å²) >= 11 is 13.5. The van der Waals surface area contributed by atoms with E-state index in [4.69, 9.17) is 23.4 Å². The zero-order chi connectivity index (χ0) is 13.8. The predicted octanol–water partition coefficient (Wildman–Crippen LogP) is 3.37. The maximum Gasteiger partial charge on any atom is 0.394 e. The highest BCUT2D eigenvalue weighted by molar-refractivity contribution is 9.14. The molecule has 11 heteroatoms. The highest BCUT2D eigenvalue weighted by Crippen LogP contribution is 2.40. The molecule has 5 N–H and O–H groups in total.